The Morgan fingerprint density at radius 2 is 2.00 bits per heavy atom. The van der Waals surface area contributed by atoms with Gasteiger partial charge in [-0.25, -0.2) is 9.07 Å². The quantitative estimate of drug-likeness (QED) is 0.771. The summed E-state index contributed by atoms with van der Waals surface area (Å²) in [4.78, 5) is 11.5. The fraction of sp³-hybridized carbons (Fsp3) is 0.263. The number of fused-ring (bicyclic) bond motifs is 1. The number of hydrogen-bond donors (Lipinski definition) is 2. The average molecular weight is 338 g/mol. The zero-order chi connectivity index (χ0) is 17.4. The molecule has 1 saturated heterocycles. The first-order valence-corrected chi connectivity index (χ1v) is 8.35. The Bertz CT molecular complexity index is 919. The summed E-state index contributed by atoms with van der Waals surface area (Å²) in [6.07, 6.45) is 1.64. The maximum atomic E-state index is 13.6. The fourth-order valence-corrected chi connectivity index (χ4v) is 3.42. The van der Waals surface area contributed by atoms with Crippen LogP contribution in [0.25, 0.3) is 16.6 Å². The Balaban J connectivity index is 1.65. The Kier molecular flexibility index (Phi) is 3.97. The van der Waals surface area contributed by atoms with Crippen LogP contribution < -0.4 is 11.1 Å². The number of alkyl halides is 1. The van der Waals surface area contributed by atoms with Crippen molar-refractivity contribution in [1.29, 1.82) is 0 Å². The van der Waals surface area contributed by atoms with Crippen molar-refractivity contribution in [2.45, 2.75) is 18.5 Å². The van der Waals surface area contributed by atoms with E-state index in [2.05, 4.69) is 10.4 Å². The van der Waals surface area contributed by atoms with E-state index in [1.54, 1.807) is 16.8 Å². The number of benzene rings is 2. The number of nitrogens with zero attached hydrogens (tertiary/aromatic N) is 2. The minimum atomic E-state index is -0.790. The summed E-state index contributed by atoms with van der Waals surface area (Å²) in [6.45, 7) is 1.24. The normalized spacial score (nSPS) is 20.7. The van der Waals surface area contributed by atoms with E-state index in [0.29, 0.717) is 24.0 Å². The molecule has 5 nitrogen and oxygen atoms in total. The van der Waals surface area contributed by atoms with Crippen LogP contribution in [-0.2, 0) is 0 Å². The Morgan fingerprint density at radius 1 is 1.20 bits per heavy atom. The van der Waals surface area contributed by atoms with Crippen LogP contribution in [0.4, 0.5) is 4.39 Å². The van der Waals surface area contributed by atoms with Gasteiger partial charge in [0.25, 0.3) is 5.91 Å². The van der Waals surface area contributed by atoms with Gasteiger partial charge in [-0.3, -0.25) is 4.79 Å². The smallest absolute Gasteiger partial charge is 0.250 e. The van der Waals surface area contributed by atoms with Gasteiger partial charge in [0, 0.05) is 24.7 Å². The van der Waals surface area contributed by atoms with Crippen LogP contribution in [0, 0.1) is 0 Å². The second-order valence-electron chi connectivity index (χ2n) is 6.46. The summed E-state index contributed by atoms with van der Waals surface area (Å²) in [5.41, 5.74) is 8.43. The van der Waals surface area contributed by atoms with Crippen LogP contribution in [0.15, 0.2) is 48.7 Å². The lowest BCUT2D eigenvalue weighted by Gasteiger charge is -2.26. The van der Waals surface area contributed by atoms with Crippen molar-refractivity contribution < 1.29 is 9.18 Å². The molecule has 1 amide bonds. The number of carbonyl (C=O) groups excluding carboxylic acids is 1. The number of amides is 1. The number of halogens is 1. The molecule has 3 N–H and O–H groups in total. The molecule has 0 unspecified atom stereocenters. The van der Waals surface area contributed by atoms with Crippen molar-refractivity contribution in [3.8, 4) is 5.69 Å². The molecule has 0 radical (unpaired) electrons. The van der Waals surface area contributed by atoms with Crippen LogP contribution in [-0.4, -0.2) is 34.9 Å². The van der Waals surface area contributed by atoms with Crippen molar-refractivity contribution in [3.05, 3.63) is 59.8 Å². The van der Waals surface area contributed by atoms with Crippen molar-refractivity contribution in [2.75, 3.05) is 13.1 Å². The number of hydrogen-bond acceptors (Lipinski definition) is 3. The molecule has 1 aromatic heterocycles. The third-order valence-electron chi connectivity index (χ3n) is 4.73. The van der Waals surface area contributed by atoms with E-state index >= 15 is 0 Å². The molecule has 1 aliphatic rings. The van der Waals surface area contributed by atoms with Crippen molar-refractivity contribution >= 4 is 16.8 Å². The lowest BCUT2D eigenvalue weighted by molar-refractivity contribution is 0.100. The third-order valence-corrected chi connectivity index (χ3v) is 4.73. The molecule has 2 atom stereocenters. The standard InChI is InChI=1S/C19H19FN4O/c20-15-8-14(9-22-10-15)12-4-6-16(7-5-12)24-11-13-2-1-3-17(19(21)25)18(13)23-24/h1-7,11,14-15,22H,8-10H2,(H2,21,25)/t14-,15+/m1/s1. The van der Waals surface area contributed by atoms with Gasteiger partial charge in [-0.1, -0.05) is 24.3 Å². The highest BCUT2D eigenvalue weighted by atomic mass is 19.1. The van der Waals surface area contributed by atoms with E-state index in [1.165, 1.54) is 0 Å². The summed E-state index contributed by atoms with van der Waals surface area (Å²) in [6, 6.07) is 13.3. The molecule has 0 saturated carbocycles. The summed E-state index contributed by atoms with van der Waals surface area (Å²) in [5.74, 6) is -0.298. The second kappa shape index (κ2) is 6.29. The Morgan fingerprint density at radius 3 is 2.72 bits per heavy atom. The van der Waals surface area contributed by atoms with Gasteiger partial charge in [0.1, 0.15) is 11.7 Å². The van der Waals surface area contributed by atoms with E-state index in [4.69, 9.17) is 5.73 Å². The van der Waals surface area contributed by atoms with Crippen LogP contribution in [0.1, 0.15) is 28.3 Å². The number of carbonyl (C=O) groups is 1. The topological polar surface area (TPSA) is 72.9 Å². The third kappa shape index (κ3) is 3.00. The lowest BCUT2D eigenvalue weighted by Crippen LogP contribution is -2.36. The van der Waals surface area contributed by atoms with Gasteiger partial charge >= 0.3 is 0 Å². The van der Waals surface area contributed by atoms with Crippen molar-refractivity contribution in [2.24, 2.45) is 5.73 Å². The molecular weight excluding hydrogens is 319 g/mol. The highest BCUT2D eigenvalue weighted by molar-refractivity contribution is 6.04. The van der Waals surface area contributed by atoms with Crippen LogP contribution >= 0.6 is 0 Å². The predicted octanol–water partition coefficient (Wildman–Crippen LogP) is 2.54. The lowest BCUT2D eigenvalue weighted by atomic mass is 9.91. The van der Waals surface area contributed by atoms with Gasteiger partial charge in [-0.05, 0) is 36.1 Å². The summed E-state index contributed by atoms with van der Waals surface area (Å²) in [7, 11) is 0. The Hall–Kier alpha value is -2.73. The van der Waals surface area contributed by atoms with Gasteiger partial charge in [0.05, 0.1) is 11.3 Å². The average Bonchev–Trinajstić information content (AvgIpc) is 3.06. The van der Waals surface area contributed by atoms with Crippen LogP contribution in [0.2, 0.25) is 0 Å². The molecule has 6 heteroatoms. The highest BCUT2D eigenvalue weighted by Gasteiger charge is 2.22. The summed E-state index contributed by atoms with van der Waals surface area (Å²) in [5, 5.41) is 8.49. The van der Waals surface area contributed by atoms with Crippen molar-refractivity contribution in [3.63, 3.8) is 0 Å². The van der Waals surface area contributed by atoms with E-state index < -0.39 is 12.1 Å². The van der Waals surface area contributed by atoms with Crippen LogP contribution in [0.5, 0.6) is 0 Å². The number of nitrogens with two attached hydrogens (primary N) is 1. The fourth-order valence-electron chi connectivity index (χ4n) is 3.42. The highest BCUT2D eigenvalue weighted by Crippen LogP contribution is 2.26. The first-order chi connectivity index (χ1) is 12.1. The predicted molar refractivity (Wildman–Crippen MR) is 94.7 cm³/mol. The first-order valence-electron chi connectivity index (χ1n) is 8.35. The van der Waals surface area contributed by atoms with Gasteiger partial charge in [0.15, 0.2) is 0 Å². The molecule has 0 bridgehead atoms. The molecule has 1 fully saturated rings. The van der Waals surface area contributed by atoms with Gasteiger partial charge < -0.3 is 11.1 Å². The largest absolute Gasteiger partial charge is 0.366 e. The summed E-state index contributed by atoms with van der Waals surface area (Å²) >= 11 is 0. The molecule has 0 aliphatic carbocycles. The maximum absolute atomic E-state index is 13.6. The number of primary amides is 1. The zero-order valence-electron chi connectivity index (χ0n) is 13.7. The van der Waals surface area contributed by atoms with E-state index in [9.17, 15) is 9.18 Å². The molecule has 2 aromatic carbocycles. The second-order valence-corrected chi connectivity index (χ2v) is 6.46. The number of aromatic nitrogens is 2. The Labute approximate surface area is 144 Å². The first kappa shape index (κ1) is 15.8. The molecule has 3 aromatic rings. The maximum Gasteiger partial charge on any atom is 0.250 e. The molecule has 25 heavy (non-hydrogen) atoms. The molecular formula is C19H19FN4O. The van der Waals surface area contributed by atoms with E-state index in [0.717, 1.165) is 23.2 Å². The SMILES string of the molecule is NC(=O)c1cccc2cn(-c3ccc([C@H]4CNC[C@@H](F)C4)cc3)nc12. The molecule has 4 rings (SSSR count). The zero-order valence-corrected chi connectivity index (χ0v) is 13.7. The van der Waals surface area contributed by atoms with Gasteiger partial charge in [-0.15, -0.1) is 0 Å². The van der Waals surface area contributed by atoms with E-state index in [1.807, 2.05) is 36.5 Å². The van der Waals surface area contributed by atoms with Crippen LogP contribution in [0.3, 0.4) is 0 Å². The van der Waals surface area contributed by atoms with Gasteiger partial charge in [0.2, 0.25) is 0 Å². The molecule has 1 aliphatic heterocycles. The van der Waals surface area contributed by atoms with E-state index in [-0.39, 0.29) is 5.92 Å². The number of piperidine rings is 1. The van der Waals surface area contributed by atoms with Gasteiger partial charge in [-0.2, -0.15) is 5.10 Å². The molecule has 128 valence electrons. The minimum absolute atomic E-state index is 0.191. The molecule has 2 heterocycles. The monoisotopic (exact) mass is 338 g/mol. The summed E-state index contributed by atoms with van der Waals surface area (Å²) < 4.78 is 15.3. The molecule has 0 spiro atoms. The van der Waals surface area contributed by atoms with Crippen molar-refractivity contribution in [1.82, 2.24) is 15.1 Å². The number of nitrogens with one attached hydrogen (secondary N) is 1. The minimum Gasteiger partial charge on any atom is -0.366 e. The number of rotatable bonds is 3.